The average Bonchev–Trinajstić information content (AvgIpc) is 2.88. The van der Waals surface area contributed by atoms with Gasteiger partial charge in [0.15, 0.2) is 5.65 Å². The van der Waals surface area contributed by atoms with Gasteiger partial charge in [-0.2, -0.15) is 5.10 Å². The normalized spacial score (nSPS) is 12.5. The third-order valence-corrected chi connectivity index (χ3v) is 3.45. The van der Waals surface area contributed by atoms with Gasteiger partial charge in [-0.05, 0) is 12.0 Å². The molecule has 0 fully saturated rings. The van der Waals surface area contributed by atoms with E-state index in [-0.39, 0.29) is 6.04 Å². The van der Waals surface area contributed by atoms with Crippen molar-refractivity contribution < 1.29 is 0 Å². The highest BCUT2D eigenvalue weighted by atomic mass is 15.3. The fourth-order valence-electron chi connectivity index (χ4n) is 2.35. The van der Waals surface area contributed by atoms with Gasteiger partial charge in [0.25, 0.3) is 0 Å². The van der Waals surface area contributed by atoms with Gasteiger partial charge in [0.05, 0.1) is 17.6 Å². The number of aromatic nitrogens is 4. The molecule has 20 heavy (non-hydrogen) atoms. The molecule has 0 saturated carbocycles. The number of anilines is 1. The highest BCUT2D eigenvalue weighted by Crippen LogP contribution is 2.25. The van der Waals surface area contributed by atoms with Crippen molar-refractivity contribution in [3.05, 3.63) is 48.4 Å². The first-order valence-corrected chi connectivity index (χ1v) is 6.73. The van der Waals surface area contributed by atoms with Crippen molar-refractivity contribution >= 4 is 16.9 Å². The molecule has 0 saturated heterocycles. The third-order valence-electron chi connectivity index (χ3n) is 3.45. The van der Waals surface area contributed by atoms with Crippen molar-refractivity contribution in [3.8, 4) is 0 Å². The lowest BCUT2D eigenvalue weighted by Crippen LogP contribution is -2.11. The van der Waals surface area contributed by atoms with Gasteiger partial charge in [-0.1, -0.05) is 37.3 Å². The average molecular weight is 267 g/mol. The molecule has 2 aromatic heterocycles. The van der Waals surface area contributed by atoms with E-state index in [1.807, 2.05) is 13.1 Å². The molecule has 102 valence electrons. The third kappa shape index (κ3) is 2.22. The van der Waals surface area contributed by atoms with Crippen molar-refractivity contribution in [1.82, 2.24) is 19.7 Å². The zero-order valence-corrected chi connectivity index (χ0v) is 11.6. The molecule has 0 radical (unpaired) electrons. The van der Waals surface area contributed by atoms with Gasteiger partial charge in [0.2, 0.25) is 0 Å². The minimum Gasteiger partial charge on any atom is -0.363 e. The summed E-state index contributed by atoms with van der Waals surface area (Å²) >= 11 is 0. The molecule has 1 aromatic carbocycles. The predicted molar refractivity (Wildman–Crippen MR) is 79.4 cm³/mol. The summed E-state index contributed by atoms with van der Waals surface area (Å²) in [5.41, 5.74) is 2.09. The van der Waals surface area contributed by atoms with Crippen LogP contribution in [-0.4, -0.2) is 19.7 Å². The predicted octanol–water partition coefficient (Wildman–Crippen LogP) is 2.93. The van der Waals surface area contributed by atoms with E-state index >= 15 is 0 Å². The smallest absolute Gasteiger partial charge is 0.163 e. The van der Waals surface area contributed by atoms with E-state index in [0.29, 0.717) is 0 Å². The molecule has 0 aliphatic rings. The van der Waals surface area contributed by atoms with E-state index in [9.17, 15) is 0 Å². The minimum absolute atomic E-state index is 0.231. The second-order valence-corrected chi connectivity index (χ2v) is 4.74. The van der Waals surface area contributed by atoms with Crippen LogP contribution in [0.1, 0.15) is 24.9 Å². The molecule has 0 bridgehead atoms. The molecule has 2 heterocycles. The van der Waals surface area contributed by atoms with Gasteiger partial charge in [-0.15, -0.1) is 0 Å². The van der Waals surface area contributed by atoms with Crippen LogP contribution in [0.4, 0.5) is 5.82 Å². The van der Waals surface area contributed by atoms with Crippen LogP contribution in [0.3, 0.4) is 0 Å². The van der Waals surface area contributed by atoms with Crippen molar-refractivity contribution in [2.45, 2.75) is 19.4 Å². The Morgan fingerprint density at radius 1 is 1.20 bits per heavy atom. The van der Waals surface area contributed by atoms with E-state index in [0.717, 1.165) is 23.3 Å². The van der Waals surface area contributed by atoms with E-state index in [4.69, 9.17) is 0 Å². The van der Waals surface area contributed by atoms with Crippen molar-refractivity contribution in [1.29, 1.82) is 0 Å². The molecule has 1 N–H and O–H groups in total. The summed E-state index contributed by atoms with van der Waals surface area (Å²) in [4.78, 5) is 8.61. The molecule has 0 aliphatic carbocycles. The molecule has 3 rings (SSSR count). The van der Waals surface area contributed by atoms with Crippen LogP contribution in [-0.2, 0) is 7.05 Å². The van der Waals surface area contributed by atoms with Crippen molar-refractivity contribution in [2.75, 3.05) is 5.32 Å². The van der Waals surface area contributed by atoms with Gasteiger partial charge < -0.3 is 5.32 Å². The first kappa shape index (κ1) is 12.6. The number of rotatable bonds is 4. The Bertz CT molecular complexity index is 705. The van der Waals surface area contributed by atoms with E-state index < -0.39 is 0 Å². The Morgan fingerprint density at radius 2 is 2.00 bits per heavy atom. The highest BCUT2D eigenvalue weighted by molar-refractivity contribution is 5.86. The van der Waals surface area contributed by atoms with Crippen LogP contribution in [0.2, 0.25) is 0 Å². The van der Waals surface area contributed by atoms with Crippen LogP contribution in [0.5, 0.6) is 0 Å². The maximum Gasteiger partial charge on any atom is 0.163 e. The number of fused-ring (bicyclic) bond motifs is 1. The van der Waals surface area contributed by atoms with Crippen LogP contribution in [0, 0.1) is 0 Å². The minimum atomic E-state index is 0.231. The van der Waals surface area contributed by atoms with Crippen LogP contribution < -0.4 is 5.32 Å². The fraction of sp³-hybridized carbons (Fsp3) is 0.267. The number of hydrogen-bond donors (Lipinski definition) is 1. The number of hydrogen-bond acceptors (Lipinski definition) is 4. The molecule has 0 aliphatic heterocycles. The van der Waals surface area contributed by atoms with Crippen molar-refractivity contribution in [2.24, 2.45) is 7.05 Å². The zero-order chi connectivity index (χ0) is 13.9. The molecule has 3 aromatic rings. The largest absolute Gasteiger partial charge is 0.363 e. The summed E-state index contributed by atoms with van der Waals surface area (Å²) in [6.07, 6.45) is 4.36. The quantitative estimate of drug-likeness (QED) is 0.789. The number of nitrogens with zero attached hydrogens (tertiary/aromatic N) is 4. The van der Waals surface area contributed by atoms with E-state index in [1.54, 1.807) is 17.2 Å². The van der Waals surface area contributed by atoms with Gasteiger partial charge in [0, 0.05) is 7.05 Å². The number of nitrogens with one attached hydrogen (secondary N) is 1. The summed E-state index contributed by atoms with van der Waals surface area (Å²) in [6, 6.07) is 10.6. The summed E-state index contributed by atoms with van der Waals surface area (Å²) in [5.74, 6) is 0.832. The zero-order valence-electron chi connectivity index (χ0n) is 11.6. The molecule has 0 amide bonds. The van der Waals surface area contributed by atoms with Gasteiger partial charge in [-0.25, -0.2) is 9.97 Å². The molecule has 5 nitrogen and oxygen atoms in total. The van der Waals surface area contributed by atoms with Gasteiger partial charge in [-0.3, -0.25) is 4.68 Å². The lowest BCUT2D eigenvalue weighted by molar-refractivity contribution is 0.745. The summed E-state index contributed by atoms with van der Waals surface area (Å²) in [6.45, 7) is 2.16. The van der Waals surface area contributed by atoms with Crippen LogP contribution in [0.15, 0.2) is 42.9 Å². The van der Waals surface area contributed by atoms with E-state index in [2.05, 4.69) is 51.6 Å². The highest BCUT2D eigenvalue weighted by Gasteiger charge is 2.13. The van der Waals surface area contributed by atoms with Crippen LogP contribution >= 0.6 is 0 Å². The number of aryl methyl sites for hydroxylation is 1. The Morgan fingerprint density at radius 3 is 2.75 bits per heavy atom. The maximum atomic E-state index is 4.36. The molecule has 0 spiro atoms. The molecule has 5 heteroatoms. The summed E-state index contributed by atoms with van der Waals surface area (Å²) in [5, 5.41) is 8.68. The van der Waals surface area contributed by atoms with Gasteiger partial charge >= 0.3 is 0 Å². The fourth-order valence-corrected chi connectivity index (χ4v) is 2.35. The first-order valence-electron chi connectivity index (χ1n) is 6.73. The monoisotopic (exact) mass is 267 g/mol. The standard InChI is InChI=1S/C15H17N5/c1-3-13(11-7-5-4-6-8-11)19-14-12-9-18-20(2)15(12)17-10-16-14/h4-10,13H,3H2,1-2H3,(H,16,17,19). The Hall–Kier alpha value is -2.43. The molecular weight excluding hydrogens is 250 g/mol. The van der Waals surface area contributed by atoms with Gasteiger partial charge in [0.1, 0.15) is 12.1 Å². The first-order chi connectivity index (χ1) is 9.79. The van der Waals surface area contributed by atoms with Crippen LogP contribution in [0.25, 0.3) is 11.0 Å². The Labute approximate surface area is 117 Å². The molecule has 1 atom stereocenters. The summed E-state index contributed by atoms with van der Waals surface area (Å²) < 4.78 is 1.76. The lowest BCUT2D eigenvalue weighted by atomic mass is 10.0. The Balaban J connectivity index is 1.96. The van der Waals surface area contributed by atoms with E-state index in [1.165, 1.54) is 5.56 Å². The lowest BCUT2D eigenvalue weighted by Gasteiger charge is -2.18. The SMILES string of the molecule is CCC(Nc1ncnc2c1cnn2C)c1ccccc1. The van der Waals surface area contributed by atoms with Crippen molar-refractivity contribution in [3.63, 3.8) is 0 Å². The molecule has 1 unspecified atom stereocenters. The topological polar surface area (TPSA) is 55.6 Å². The summed E-state index contributed by atoms with van der Waals surface area (Å²) in [7, 11) is 1.88. The second-order valence-electron chi connectivity index (χ2n) is 4.74. The maximum absolute atomic E-state index is 4.36. The second kappa shape index (κ2) is 5.28. The Kier molecular flexibility index (Phi) is 3.33. The number of benzene rings is 1. The molecular formula is C15H17N5.